The number of rotatable bonds is 35. The van der Waals surface area contributed by atoms with Crippen molar-refractivity contribution in [2.24, 2.45) is 34.8 Å². The smallest absolute Gasteiger partial charge is 0.326 e. The van der Waals surface area contributed by atoms with Crippen LogP contribution in [0.4, 0.5) is 0 Å². The van der Waals surface area contributed by atoms with Gasteiger partial charge in [-0.15, -0.1) is 0 Å². The first-order valence-corrected chi connectivity index (χ1v) is 29.0. The van der Waals surface area contributed by atoms with Crippen LogP contribution in [0.25, 0.3) is 0 Å². The second-order valence-corrected chi connectivity index (χ2v) is 22.8. The predicted molar refractivity (Wildman–Crippen MR) is 312 cm³/mol. The number of aliphatic carboxylic acids is 2. The summed E-state index contributed by atoms with van der Waals surface area (Å²) in [7, 11) is 0. The molecule has 12 atom stereocenters. The van der Waals surface area contributed by atoms with Crippen molar-refractivity contribution in [1.82, 2.24) is 57.7 Å². The van der Waals surface area contributed by atoms with Crippen molar-refractivity contribution >= 4 is 94.6 Å². The van der Waals surface area contributed by atoms with Crippen LogP contribution in [-0.2, 0) is 83.1 Å². The molecule has 2 aliphatic heterocycles. The summed E-state index contributed by atoms with van der Waals surface area (Å²) in [6.07, 6.45) is -3.30. The number of carboxylic acid groups (broad SMARTS) is 2. The maximum absolute atomic E-state index is 14.1. The van der Waals surface area contributed by atoms with E-state index in [1.54, 1.807) is 58.0 Å². The fourth-order valence-electron chi connectivity index (χ4n) is 9.73. The molecule has 2 aliphatic rings. The van der Waals surface area contributed by atoms with E-state index in [0.29, 0.717) is 12.0 Å². The lowest BCUT2D eigenvalue weighted by atomic mass is 10.0. The maximum atomic E-state index is 14.1. The minimum atomic E-state index is -1.88. The van der Waals surface area contributed by atoms with Crippen LogP contribution in [0.2, 0.25) is 0 Å². The number of primary amides is 3. The van der Waals surface area contributed by atoms with Crippen molar-refractivity contribution in [3.63, 3.8) is 0 Å². The number of nitrogens with zero attached hydrogens (tertiary/aromatic N) is 2. The molecule has 0 unspecified atom stereocenters. The summed E-state index contributed by atoms with van der Waals surface area (Å²) in [5.74, 6) is -17.5. The van der Waals surface area contributed by atoms with Crippen molar-refractivity contribution in [3.8, 4) is 0 Å². The number of likely N-dealkylation sites (tertiary alicyclic amines) is 2. The molecule has 0 bridgehead atoms. The van der Waals surface area contributed by atoms with Gasteiger partial charge in [-0.1, -0.05) is 58.0 Å². The van der Waals surface area contributed by atoms with E-state index in [9.17, 15) is 86.9 Å². The minimum absolute atomic E-state index is 0.0670. The van der Waals surface area contributed by atoms with Crippen LogP contribution in [0.5, 0.6) is 0 Å². The molecule has 2 fully saturated rings. The third-order valence-corrected chi connectivity index (χ3v) is 14.4. The first-order chi connectivity index (χ1) is 41.6. The number of carbonyl (C=O) groups is 16. The SMILES string of the molecule is CC(C)C[C@H](NC(=O)[C@H](C)NC(=O)[C@H](CC(N)=O)NC(=O)[C@H](CCC(=O)O)NC(=O)[C@H](C)NC(=O)[C@@H]1CCCN1C(=O)[C@@H](NC(=O)[C@H](C)N)C(C)C)C(=O)N[C@@H](CC(N)=O)C(=O)N[C@@H](CC(N)=O)C(=O)N1CCC[C@H]1C(=O)N[C@@H](Cc1ccccc1)C(=O)O. The van der Waals surface area contributed by atoms with Crippen LogP contribution >= 0.6 is 0 Å². The van der Waals surface area contributed by atoms with E-state index in [0.717, 1.165) is 11.8 Å². The van der Waals surface area contributed by atoms with Crippen LogP contribution < -0.4 is 70.8 Å². The maximum Gasteiger partial charge on any atom is 0.326 e. The number of carboxylic acids is 2. The summed E-state index contributed by atoms with van der Waals surface area (Å²) >= 11 is 0. The molecular weight excluding hydrogens is 1170 g/mol. The predicted octanol–water partition coefficient (Wildman–Crippen LogP) is -5.76. The zero-order chi connectivity index (χ0) is 67.1. The largest absolute Gasteiger partial charge is 0.481 e. The molecule has 89 heavy (non-hydrogen) atoms. The van der Waals surface area contributed by atoms with Gasteiger partial charge in [-0.3, -0.25) is 71.9 Å². The van der Waals surface area contributed by atoms with E-state index in [1.807, 2.05) is 0 Å². The van der Waals surface area contributed by atoms with Crippen molar-refractivity contribution in [1.29, 1.82) is 0 Å². The highest BCUT2D eigenvalue weighted by atomic mass is 16.4. The van der Waals surface area contributed by atoms with Gasteiger partial charge in [0.1, 0.15) is 66.5 Å². The Kier molecular flexibility index (Phi) is 29.0. The molecule has 0 aromatic heterocycles. The number of nitrogens with two attached hydrogens (primary N) is 4. The Morgan fingerprint density at radius 2 is 0.921 bits per heavy atom. The monoisotopic (exact) mass is 1260 g/mol. The molecule has 1 aromatic rings. The molecule has 19 N–H and O–H groups in total. The zero-order valence-electron chi connectivity index (χ0n) is 50.8. The normalized spacial score (nSPS) is 17.9. The number of hydrogen-bond donors (Lipinski definition) is 15. The fourth-order valence-corrected chi connectivity index (χ4v) is 9.73. The van der Waals surface area contributed by atoms with E-state index >= 15 is 0 Å². The highest BCUT2D eigenvalue weighted by molar-refractivity contribution is 6.01. The lowest BCUT2D eigenvalue weighted by Gasteiger charge is -2.31. The molecule has 1 aromatic carbocycles. The molecule has 14 amide bonds. The van der Waals surface area contributed by atoms with Crippen LogP contribution in [0.15, 0.2) is 30.3 Å². The third-order valence-electron chi connectivity index (χ3n) is 14.4. The van der Waals surface area contributed by atoms with Gasteiger partial charge in [-0.2, -0.15) is 0 Å². The van der Waals surface area contributed by atoms with Crippen molar-refractivity contribution in [2.75, 3.05) is 13.1 Å². The van der Waals surface area contributed by atoms with Crippen LogP contribution in [0.1, 0.15) is 118 Å². The molecule has 33 nitrogen and oxygen atoms in total. The highest BCUT2D eigenvalue weighted by Crippen LogP contribution is 2.22. The Balaban J connectivity index is 1.75. The minimum Gasteiger partial charge on any atom is -0.481 e. The molecular formula is C56H85N15O18. The zero-order valence-corrected chi connectivity index (χ0v) is 50.8. The summed E-state index contributed by atoms with van der Waals surface area (Å²) in [5.41, 5.74) is 22.6. The van der Waals surface area contributed by atoms with Gasteiger partial charge in [-0.05, 0) is 76.7 Å². The summed E-state index contributed by atoms with van der Waals surface area (Å²) in [4.78, 5) is 213. The molecule has 0 spiro atoms. The van der Waals surface area contributed by atoms with E-state index in [-0.39, 0.29) is 51.1 Å². The molecule has 2 saturated heterocycles. The first kappa shape index (κ1) is 74.0. The standard InChI is InChI=1S/C56H85N15O18/c1-26(2)21-33(50(82)66-35(24-41(59)73)51(83)67-36(25-42(60)74)54(86)70-19-11-16-39(70)53(85)68-37(56(88)89)22-31-13-9-8-10-14-31)64-47(79)29(6)61-49(81)34(23-40(58)72)65-48(80)32(17-18-43(75)76)63-46(78)30(7)62-52(84)38-15-12-20-71(38)55(87)44(27(3)4)69-45(77)28(5)57/h8-10,13-14,26-30,32-39,44H,11-12,15-25,57H2,1-7H3,(H2,58,72)(H2,59,73)(H2,60,74)(H,61,81)(H,62,84)(H,63,78)(H,64,79)(H,65,80)(H,66,82)(H,67,83)(H,68,85)(H,69,77)(H,75,76)(H,88,89)/t28-,29-,30-,32-,33-,34-,35-,36-,37-,38-,39-,44-/m0/s1. The Hall–Kier alpha value is -9.30. The number of carbonyl (C=O) groups excluding carboxylic acids is 14. The Morgan fingerprint density at radius 3 is 1.39 bits per heavy atom. The number of hydrogen-bond acceptors (Lipinski definition) is 17. The third kappa shape index (κ3) is 23.7. The lowest BCUT2D eigenvalue weighted by molar-refractivity contribution is -0.145. The van der Waals surface area contributed by atoms with Crippen molar-refractivity contribution in [2.45, 2.75) is 192 Å². The average Bonchev–Trinajstić information content (AvgIpc) is 2.61. The van der Waals surface area contributed by atoms with Crippen molar-refractivity contribution in [3.05, 3.63) is 35.9 Å². The van der Waals surface area contributed by atoms with Crippen molar-refractivity contribution < 1.29 is 86.9 Å². The molecule has 492 valence electrons. The van der Waals surface area contributed by atoms with E-state index in [2.05, 4.69) is 47.9 Å². The van der Waals surface area contributed by atoms with Gasteiger partial charge < -0.3 is 90.8 Å². The highest BCUT2D eigenvalue weighted by Gasteiger charge is 2.43. The summed E-state index contributed by atoms with van der Waals surface area (Å²) < 4.78 is 0. The Bertz CT molecular complexity index is 2800. The van der Waals surface area contributed by atoms with E-state index < -0.39 is 205 Å². The molecule has 0 radical (unpaired) electrons. The number of nitrogens with one attached hydrogen (secondary N) is 9. The van der Waals surface area contributed by atoms with Gasteiger partial charge in [0.15, 0.2) is 0 Å². The van der Waals surface area contributed by atoms with E-state index in [1.165, 1.54) is 18.7 Å². The van der Waals surface area contributed by atoms with Gasteiger partial charge in [0, 0.05) is 25.9 Å². The van der Waals surface area contributed by atoms with Gasteiger partial charge in [0.2, 0.25) is 82.7 Å². The van der Waals surface area contributed by atoms with Crippen LogP contribution in [0.3, 0.4) is 0 Å². The first-order valence-electron chi connectivity index (χ1n) is 29.0. The van der Waals surface area contributed by atoms with Crippen LogP contribution in [-0.4, -0.2) is 200 Å². The second kappa shape index (κ2) is 34.9. The Morgan fingerprint density at radius 1 is 0.494 bits per heavy atom. The van der Waals surface area contributed by atoms with Gasteiger partial charge in [-0.25, -0.2) is 4.79 Å². The summed E-state index contributed by atoms with van der Waals surface area (Å²) in [6.45, 7) is 10.6. The molecule has 0 aliphatic carbocycles. The second-order valence-electron chi connectivity index (χ2n) is 22.8. The molecule has 33 heteroatoms. The van der Waals surface area contributed by atoms with Gasteiger partial charge >= 0.3 is 11.9 Å². The fraction of sp³-hybridized carbons (Fsp3) is 0.607. The van der Waals surface area contributed by atoms with Gasteiger partial charge in [0.25, 0.3) is 0 Å². The number of amides is 14. The van der Waals surface area contributed by atoms with Gasteiger partial charge in [0.05, 0.1) is 25.3 Å². The molecule has 3 rings (SSSR count). The van der Waals surface area contributed by atoms with E-state index in [4.69, 9.17) is 22.9 Å². The number of benzene rings is 1. The molecule has 2 heterocycles. The summed E-state index contributed by atoms with van der Waals surface area (Å²) in [6, 6.07) is -9.13. The topological polar surface area (TPSA) is 532 Å². The van der Waals surface area contributed by atoms with Crippen LogP contribution in [0, 0.1) is 11.8 Å². The summed E-state index contributed by atoms with van der Waals surface area (Å²) in [5, 5.41) is 40.7. The molecule has 0 saturated carbocycles. The Labute approximate surface area is 513 Å². The lowest BCUT2D eigenvalue weighted by Crippen LogP contribution is -2.61. The quantitative estimate of drug-likeness (QED) is 0.0301. The average molecular weight is 1260 g/mol.